The number of halogens is 1. The zero-order valence-electron chi connectivity index (χ0n) is 9.01. The summed E-state index contributed by atoms with van der Waals surface area (Å²) >= 11 is 1.32. The predicted octanol–water partition coefficient (Wildman–Crippen LogP) is 2.84. The number of amides is 1. The number of carbonyl (C=O) groups excluding carboxylic acids is 1. The second kappa shape index (κ2) is 4.97. The van der Waals surface area contributed by atoms with Crippen LogP contribution in [0.15, 0.2) is 35.0 Å². The van der Waals surface area contributed by atoms with Crippen molar-refractivity contribution in [3.8, 4) is 0 Å². The van der Waals surface area contributed by atoms with Gasteiger partial charge in [-0.3, -0.25) is 4.79 Å². The van der Waals surface area contributed by atoms with Crippen molar-refractivity contribution >= 4 is 28.9 Å². The van der Waals surface area contributed by atoms with Gasteiger partial charge in [-0.2, -0.15) is 11.3 Å². The molecule has 1 aromatic carbocycles. The average Bonchev–Trinajstić information content (AvgIpc) is 2.85. The maximum absolute atomic E-state index is 13.5. The second-order valence-corrected chi connectivity index (χ2v) is 4.21. The summed E-state index contributed by atoms with van der Waals surface area (Å²) in [5, 5.41) is 14.5. The molecule has 1 heterocycles. The molecular formula is C12H8FNO3S. The fourth-order valence-electron chi connectivity index (χ4n) is 1.41. The smallest absolute Gasteiger partial charge is 0.337 e. The molecule has 2 aromatic rings. The lowest BCUT2D eigenvalue weighted by Gasteiger charge is -2.08. The summed E-state index contributed by atoms with van der Waals surface area (Å²) in [7, 11) is 0. The number of carboxylic acid groups (broad SMARTS) is 1. The number of benzene rings is 1. The summed E-state index contributed by atoms with van der Waals surface area (Å²) in [5.74, 6) is -2.61. The monoisotopic (exact) mass is 265 g/mol. The molecule has 0 saturated carbocycles. The molecule has 2 N–H and O–H groups in total. The standard InChI is InChI=1S/C12H8FNO3S/c13-9-3-1-2-8(12(16)17)10(9)14-11(15)7-4-5-18-6-7/h1-6H,(H,14,15)(H,16,17). The quantitative estimate of drug-likeness (QED) is 0.896. The predicted molar refractivity (Wildman–Crippen MR) is 65.6 cm³/mol. The van der Waals surface area contributed by atoms with Gasteiger partial charge in [-0.25, -0.2) is 9.18 Å². The van der Waals surface area contributed by atoms with E-state index in [0.29, 0.717) is 5.56 Å². The molecule has 92 valence electrons. The van der Waals surface area contributed by atoms with Crippen LogP contribution in [0.3, 0.4) is 0 Å². The van der Waals surface area contributed by atoms with Gasteiger partial charge in [-0.05, 0) is 23.6 Å². The molecule has 0 atom stereocenters. The summed E-state index contributed by atoms with van der Waals surface area (Å²) < 4.78 is 13.5. The molecule has 2 rings (SSSR count). The SMILES string of the molecule is O=C(Nc1c(F)cccc1C(=O)O)c1ccsc1. The van der Waals surface area contributed by atoms with E-state index in [0.717, 1.165) is 6.07 Å². The third-order valence-corrected chi connectivity index (χ3v) is 2.95. The van der Waals surface area contributed by atoms with E-state index in [1.165, 1.54) is 23.5 Å². The first-order chi connectivity index (χ1) is 8.59. The zero-order valence-corrected chi connectivity index (χ0v) is 9.83. The summed E-state index contributed by atoms with van der Waals surface area (Å²) in [5.41, 5.74) is -0.237. The van der Waals surface area contributed by atoms with Crippen molar-refractivity contribution in [1.82, 2.24) is 0 Å². The van der Waals surface area contributed by atoms with Crippen molar-refractivity contribution in [1.29, 1.82) is 0 Å². The Labute approximate surface area is 106 Å². The van der Waals surface area contributed by atoms with Gasteiger partial charge in [-0.15, -0.1) is 0 Å². The van der Waals surface area contributed by atoms with Gasteiger partial charge >= 0.3 is 5.97 Å². The summed E-state index contributed by atoms with van der Waals surface area (Å²) in [6.45, 7) is 0. The van der Waals surface area contributed by atoms with Crippen molar-refractivity contribution in [3.63, 3.8) is 0 Å². The van der Waals surface area contributed by atoms with E-state index in [9.17, 15) is 14.0 Å². The molecule has 0 bridgehead atoms. The lowest BCUT2D eigenvalue weighted by Crippen LogP contribution is -2.15. The molecule has 1 amide bonds. The first kappa shape index (κ1) is 12.3. The molecule has 4 nitrogen and oxygen atoms in total. The van der Waals surface area contributed by atoms with Gasteiger partial charge in [0.15, 0.2) is 0 Å². The summed E-state index contributed by atoms with van der Waals surface area (Å²) in [6, 6.07) is 5.17. The Hall–Kier alpha value is -2.21. The van der Waals surface area contributed by atoms with Gasteiger partial charge in [0.25, 0.3) is 5.91 Å². The van der Waals surface area contributed by atoms with Crippen molar-refractivity contribution < 1.29 is 19.1 Å². The fraction of sp³-hybridized carbons (Fsp3) is 0. The highest BCUT2D eigenvalue weighted by Gasteiger charge is 2.17. The molecule has 0 unspecified atom stereocenters. The largest absolute Gasteiger partial charge is 0.478 e. The molecule has 0 aliphatic rings. The van der Waals surface area contributed by atoms with Crippen molar-refractivity contribution in [3.05, 3.63) is 52.0 Å². The topological polar surface area (TPSA) is 66.4 Å². The first-order valence-electron chi connectivity index (χ1n) is 4.95. The van der Waals surface area contributed by atoms with Gasteiger partial charge in [0, 0.05) is 5.38 Å². The molecule has 0 fully saturated rings. The molecule has 18 heavy (non-hydrogen) atoms. The number of aromatic carboxylic acids is 1. The molecule has 0 saturated heterocycles. The Balaban J connectivity index is 2.34. The van der Waals surface area contributed by atoms with E-state index < -0.39 is 17.7 Å². The number of hydrogen-bond donors (Lipinski definition) is 2. The first-order valence-corrected chi connectivity index (χ1v) is 5.89. The van der Waals surface area contributed by atoms with Crippen LogP contribution >= 0.6 is 11.3 Å². The normalized spacial score (nSPS) is 10.1. The third-order valence-electron chi connectivity index (χ3n) is 2.27. The zero-order chi connectivity index (χ0) is 13.1. The number of thiophene rings is 1. The van der Waals surface area contributed by atoms with Crippen LogP contribution in [-0.4, -0.2) is 17.0 Å². The average molecular weight is 265 g/mol. The molecule has 0 spiro atoms. The minimum atomic E-state index is -1.30. The van der Waals surface area contributed by atoms with Crippen LogP contribution in [0.1, 0.15) is 20.7 Å². The third kappa shape index (κ3) is 2.38. The lowest BCUT2D eigenvalue weighted by atomic mass is 10.1. The Morgan fingerprint density at radius 2 is 2.06 bits per heavy atom. The summed E-state index contributed by atoms with van der Waals surface area (Å²) in [6.07, 6.45) is 0. The van der Waals surface area contributed by atoms with E-state index in [4.69, 9.17) is 5.11 Å². The number of carbonyl (C=O) groups is 2. The van der Waals surface area contributed by atoms with Gasteiger partial charge in [-0.1, -0.05) is 6.07 Å². The van der Waals surface area contributed by atoms with E-state index in [1.54, 1.807) is 16.8 Å². The number of para-hydroxylation sites is 1. The van der Waals surface area contributed by atoms with Gasteiger partial charge < -0.3 is 10.4 Å². The molecule has 0 aliphatic carbocycles. The maximum atomic E-state index is 13.5. The molecule has 1 aromatic heterocycles. The van der Waals surface area contributed by atoms with Crippen LogP contribution < -0.4 is 5.32 Å². The molecule has 0 aliphatic heterocycles. The van der Waals surface area contributed by atoms with Gasteiger partial charge in [0.2, 0.25) is 0 Å². The molecular weight excluding hydrogens is 257 g/mol. The summed E-state index contributed by atoms with van der Waals surface area (Å²) in [4.78, 5) is 22.7. The highest BCUT2D eigenvalue weighted by atomic mass is 32.1. The Morgan fingerprint density at radius 3 is 2.67 bits per heavy atom. The maximum Gasteiger partial charge on any atom is 0.337 e. The highest BCUT2D eigenvalue weighted by molar-refractivity contribution is 7.08. The highest BCUT2D eigenvalue weighted by Crippen LogP contribution is 2.21. The molecule has 6 heteroatoms. The molecule has 0 radical (unpaired) electrons. The van der Waals surface area contributed by atoms with Gasteiger partial charge in [0.05, 0.1) is 16.8 Å². The van der Waals surface area contributed by atoms with Crippen LogP contribution in [0.2, 0.25) is 0 Å². The van der Waals surface area contributed by atoms with Crippen LogP contribution in [0.5, 0.6) is 0 Å². The second-order valence-electron chi connectivity index (χ2n) is 3.43. The van der Waals surface area contributed by atoms with Crippen molar-refractivity contribution in [2.45, 2.75) is 0 Å². The van der Waals surface area contributed by atoms with Crippen molar-refractivity contribution in [2.75, 3.05) is 5.32 Å². The van der Waals surface area contributed by atoms with E-state index in [1.807, 2.05) is 0 Å². The number of anilines is 1. The minimum Gasteiger partial charge on any atom is -0.478 e. The van der Waals surface area contributed by atoms with Crippen LogP contribution in [0.4, 0.5) is 10.1 Å². The Morgan fingerprint density at radius 1 is 1.28 bits per heavy atom. The van der Waals surface area contributed by atoms with E-state index >= 15 is 0 Å². The number of nitrogens with one attached hydrogen (secondary N) is 1. The van der Waals surface area contributed by atoms with Crippen LogP contribution in [0, 0.1) is 5.82 Å². The van der Waals surface area contributed by atoms with E-state index in [2.05, 4.69) is 5.32 Å². The Bertz CT molecular complexity index is 595. The number of rotatable bonds is 3. The number of hydrogen-bond acceptors (Lipinski definition) is 3. The number of carboxylic acids is 1. The van der Waals surface area contributed by atoms with E-state index in [-0.39, 0.29) is 11.3 Å². The lowest BCUT2D eigenvalue weighted by molar-refractivity contribution is 0.0697. The van der Waals surface area contributed by atoms with Crippen molar-refractivity contribution in [2.24, 2.45) is 0 Å². The Kier molecular flexibility index (Phi) is 3.38. The fourth-order valence-corrected chi connectivity index (χ4v) is 2.04. The van der Waals surface area contributed by atoms with Crippen LogP contribution in [0.25, 0.3) is 0 Å². The minimum absolute atomic E-state index is 0.279. The van der Waals surface area contributed by atoms with Crippen LogP contribution in [-0.2, 0) is 0 Å². The van der Waals surface area contributed by atoms with Gasteiger partial charge in [0.1, 0.15) is 5.82 Å².